The highest BCUT2D eigenvalue weighted by Gasteiger charge is 2.32. The molecule has 1 saturated carbocycles. The number of nitrogen functional groups attached to an aromatic ring is 1. The number of carboxylic acids is 1. The number of nitrogens with two attached hydrogens (primary N) is 2. The molecule has 0 bridgehead atoms. The van der Waals surface area contributed by atoms with Crippen molar-refractivity contribution in [2.75, 3.05) is 70.3 Å². The van der Waals surface area contributed by atoms with Crippen LogP contribution in [-0.4, -0.2) is 162 Å². The lowest BCUT2D eigenvalue weighted by Gasteiger charge is -2.29. The Labute approximate surface area is 500 Å². The zero-order chi connectivity index (χ0) is 62.8. The van der Waals surface area contributed by atoms with Gasteiger partial charge in [-0.05, 0) is 107 Å². The Balaban J connectivity index is 1.25. The number of rotatable bonds is 41. The van der Waals surface area contributed by atoms with Crippen molar-refractivity contribution in [2.45, 2.75) is 168 Å². The summed E-state index contributed by atoms with van der Waals surface area (Å²) in [5.74, 6) is -3.09. The Bertz CT molecular complexity index is 2700. The van der Waals surface area contributed by atoms with Crippen LogP contribution >= 0.6 is 0 Å². The average molecular weight is 1210 g/mol. The SMILES string of the molecule is CCCCc1nc2c(N)nnc(OC(C)C)c2n1CC1CCC(NC(=O)OCc2ccc(NC(=O)[C@H](CCCNC(N)=O)NC(=O)[C@@H](NC(=O)[C@H](CCC(=O)O)NC(=O)CCCC(=O)NCCOCCOCCOCCN=[N+]=[N-])C(C)C)cc2)CC1. The monoisotopic (exact) mass is 1210 g/mol. The maximum Gasteiger partial charge on any atom is 0.407 e. The lowest BCUT2D eigenvalue weighted by atomic mass is 9.86. The molecule has 0 radical (unpaired) electrons. The number of aliphatic carboxylic acids is 1. The fourth-order valence-corrected chi connectivity index (χ4v) is 9.22. The van der Waals surface area contributed by atoms with Crippen LogP contribution in [0.5, 0.6) is 5.88 Å². The molecule has 2 aromatic heterocycles. The minimum absolute atomic E-state index is 0.0199. The molecule has 0 aliphatic heterocycles. The number of hydrogen-bond donors (Lipinski definition) is 10. The van der Waals surface area contributed by atoms with Crippen molar-refractivity contribution in [1.29, 1.82) is 0 Å². The number of aromatic nitrogens is 4. The highest BCUT2D eigenvalue weighted by atomic mass is 16.6. The van der Waals surface area contributed by atoms with E-state index in [1.807, 2.05) is 13.8 Å². The zero-order valence-electron chi connectivity index (χ0n) is 50.1. The molecule has 4 rings (SSSR count). The van der Waals surface area contributed by atoms with Gasteiger partial charge in [-0.15, -0.1) is 10.2 Å². The summed E-state index contributed by atoms with van der Waals surface area (Å²) in [4.78, 5) is 110. The molecule has 1 fully saturated rings. The molecule has 3 atom stereocenters. The minimum atomic E-state index is -1.37. The first-order valence-electron chi connectivity index (χ1n) is 29.4. The van der Waals surface area contributed by atoms with Crippen molar-refractivity contribution in [2.24, 2.45) is 22.7 Å². The number of carboxylic acid groups (broad SMARTS) is 1. The number of nitrogens with one attached hydrogen (secondary N) is 7. The maximum absolute atomic E-state index is 13.9. The number of carbonyl (C=O) groups excluding carboxylic acids is 7. The number of amides is 8. The predicted molar refractivity (Wildman–Crippen MR) is 316 cm³/mol. The van der Waals surface area contributed by atoms with Gasteiger partial charge >= 0.3 is 18.1 Å². The number of hydrogen-bond acceptors (Lipinski definition) is 18. The Kier molecular flexibility index (Phi) is 31.8. The van der Waals surface area contributed by atoms with Gasteiger partial charge in [0.05, 0.1) is 45.7 Å². The number of anilines is 2. The van der Waals surface area contributed by atoms with Gasteiger partial charge in [-0.25, -0.2) is 14.6 Å². The van der Waals surface area contributed by atoms with Gasteiger partial charge in [0, 0.05) is 68.5 Å². The zero-order valence-corrected chi connectivity index (χ0v) is 50.1. The fraction of sp³-hybridized carbons (Fsp3) is 0.661. The second-order valence-corrected chi connectivity index (χ2v) is 21.4. The van der Waals surface area contributed by atoms with E-state index in [9.17, 15) is 43.5 Å². The molecular formula is C56H88N16O14. The smallest absolute Gasteiger partial charge is 0.407 e. The molecule has 2 heterocycles. The number of unbranched alkanes of at least 4 members (excludes halogenated alkanes) is 1. The predicted octanol–water partition coefficient (Wildman–Crippen LogP) is 4.03. The number of imidazole rings is 1. The van der Waals surface area contributed by atoms with Gasteiger partial charge in [-0.2, -0.15) is 0 Å². The first kappa shape index (κ1) is 70.4. The van der Waals surface area contributed by atoms with Crippen LogP contribution in [0.15, 0.2) is 29.4 Å². The first-order chi connectivity index (χ1) is 41.3. The van der Waals surface area contributed by atoms with E-state index in [0.717, 1.165) is 56.3 Å². The van der Waals surface area contributed by atoms with Crippen LogP contribution in [0, 0.1) is 11.8 Å². The van der Waals surface area contributed by atoms with E-state index < -0.39 is 72.2 Å². The van der Waals surface area contributed by atoms with E-state index in [1.165, 1.54) is 0 Å². The van der Waals surface area contributed by atoms with Crippen LogP contribution in [0.1, 0.15) is 129 Å². The summed E-state index contributed by atoms with van der Waals surface area (Å²) in [6, 6.07) is 1.87. The summed E-state index contributed by atoms with van der Waals surface area (Å²) in [5.41, 5.74) is 22.1. The lowest BCUT2D eigenvalue weighted by molar-refractivity contribution is -0.138. The van der Waals surface area contributed by atoms with Crippen LogP contribution in [0.2, 0.25) is 0 Å². The van der Waals surface area contributed by atoms with Crippen molar-refractivity contribution in [3.8, 4) is 5.88 Å². The van der Waals surface area contributed by atoms with E-state index in [-0.39, 0.29) is 102 Å². The summed E-state index contributed by atoms with van der Waals surface area (Å²) >= 11 is 0. The third-order valence-electron chi connectivity index (χ3n) is 13.7. The van der Waals surface area contributed by atoms with Crippen LogP contribution < -0.4 is 53.4 Å². The van der Waals surface area contributed by atoms with Crippen LogP contribution in [0.3, 0.4) is 0 Å². The third-order valence-corrected chi connectivity index (χ3v) is 13.7. The van der Waals surface area contributed by atoms with Crippen LogP contribution in [-0.2, 0) is 67.3 Å². The second kappa shape index (κ2) is 38.8. The molecule has 8 amide bonds. The normalized spacial score (nSPS) is 14.9. The number of aryl methyl sites for hydroxylation is 1. The van der Waals surface area contributed by atoms with Crippen molar-refractivity contribution in [3.05, 3.63) is 46.1 Å². The standard InChI is InChI=1S/C56H88N16O14/c1-6-7-11-43-67-48-49(54(86-36(4)5)70-69-50(48)57)72(43)33-37-14-18-40(19-15-37)64-56(81)85-34-38-16-20-39(21-17-38)63-51(77)41(10-9-24-61-55(58)80)66-53(79)47(35(2)3)68-52(78)42(22-23-46(75)76)65-45(74)13-8-12-44(73)60-25-27-82-29-31-84-32-30-83-28-26-62-71-59/h16-17,20-21,35-37,40-42,47H,6-15,18-19,22-34H2,1-5H3,(H2,57,69)(H,60,73)(H,63,77)(H,64,81)(H,65,74)(H,66,79)(H,68,78)(H,75,76)(H3,58,61,80)/t37?,40?,41-,42-,47-/m0/s1. The quantitative estimate of drug-likeness (QED) is 0.0166. The van der Waals surface area contributed by atoms with Gasteiger partial charge in [0.2, 0.25) is 29.5 Å². The second-order valence-electron chi connectivity index (χ2n) is 21.4. The molecule has 3 aromatic rings. The molecule has 30 nitrogen and oxygen atoms in total. The van der Waals surface area contributed by atoms with Gasteiger partial charge in [0.1, 0.15) is 41.6 Å². The largest absolute Gasteiger partial charge is 0.481 e. The number of fused-ring (bicyclic) bond motifs is 1. The van der Waals surface area contributed by atoms with E-state index in [0.29, 0.717) is 61.5 Å². The highest BCUT2D eigenvalue weighted by Crippen LogP contribution is 2.33. The molecule has 0 saturated heterocycles. The summed E-state index contributed by atoms with van der Waals surface area (Å²) in [6.07, 6.45) is 4.62. The van der Waals surface area contributed by atoms with Gasteiger partial charge in [0.25, 0.3) is 5.88 Å². The molecule has 86 heavy (non-hydrogen) atoms. The summed E-state index contributed by atoms with van der Waals surface area (Å²) < 4.78 is 29.8. The van der Waals surface area contributed by atoms with Gasteiger partial charge in [0.15, 0.2) is 5.82 Å². The van der Waals surface area contributed by atoms with E-state index in [2.05, 4.69) is 68.9 Å². The Morgan fingerprint density at radius 1 is 0.779 bits per heavy atom. The van der Waals surface area contributed by atoms with Crippen molar-refractivity contribution in [1.82, 2.24) is 51.6 Å². The Morgan fingerprint density at radius 3 is 2.10 bits per heavy atom. The molecule has 1 aliphatic carbocycles. The molecule has 1 aliphatic rings. The number of benzene rings is 1. The van der Waals surface area contributed by atoms with E-state index >= 15 is 0 Å². The van der Waals surface area contributed by atoms with Crippen molar-refractivity contribution in [3.63, 3.8) is 0 Å². The summed E-state index contributed by atoms with van der Waals surface area (Å²) in [6.45, 7) is 12.2. The number of azide groups is 1. The third kappa shape index (κ3) is 26.5. The van der Waals surface area contributed by atoms with Crippen LogP contribution in [0.25, 0.3) is 21.5 Å². The summed E-state index contributed by atoms with van der Waals surface area (Å²) in [5, 5.41) is 39.9. The van der Waals surface area contributed by atoms with E-state index in [4.69, 9.17) is 45.7 Å². The lowest BCUT2D eigenvalue weighted by Crippen LogP contribution is -2.57. The summed E-state index contributed by atoms with van der Waals surface area (Å²) in [7, 11) is 0. The van der Waals surface area contributed by atoms with Gasteiger partial charge in [-0.1, -0.05) is 44.4 Å². The number of primary amides is 1. The molecule has 12 N–H and O–H groups in total. The number of ether oxygens (including phenoxy) is 5. The highest BCUT2D eigenvalue weighted by molar-refractivity contribution is 5.99. The number of alkyl carbamates (subject to hydrolysis) is 1. The molecule has 1 aromatic carbocycles. The first-order valence-corrected chi connectivity index (χ1v) is 29.4. The molecular weight excluding hydrogens is 1120 g/mol. The van der Waals surface area contributed by atoms with Crippen molar-refractivity contribution < 1.29 is 67.1 Å². The van der Waals surface area contributed by atoms with Gasteiger partial charge in [-0.3, -0.25) is 28.8 Å². The molecule has 476 valence electrons. The Morgan fingerprint density at radius 2 is 1.45 bits per heavy atom. The Hall–Kier alpha value is -8.08. The average Bonchev–Trinajstić information content (AvgIpc) is 2.47. The molecule has 0 unspecified atom stereocenters. The number of nitrogens with zero attached hydrogens (tertiary/aromatic N) is 7. The van der Waals surface area contributed by atoms with E-state index in [1.54, 1.807) is 38.1 Å². The molecule has 0 spiro atoms. The number of carbonyl (C=O) groups is 8. The maximum atomic E-state index is 13.9. The van der Waals surface area contributed by atoms with Crippen LogP contribution in [0.4, 0.5) is 21.1 Å². The minimum Gasteiger partial charge on any atom is -0.481 e. The van der Waals surface area contributed by atoms with Crippen molar-refractivity contribution >= 4 is 70.2 Å². The topological polar surface area (TPSA) is 432 Å². The van der Waals surface area contributed by atoms with Gasteiger partial charge < -0.3 is 82.0 Å². The molecule has 30 heteroatoms. The fourth-order valence-electron chi connectivity index (χ4n) is 9.22. The number of urea groups is 1.